The van der Waals surface area contributed by atoms with Gasteiger partial charge in [-0.3, -0.25) is 9.78 Å². The van der Waals surface area contributed by atoms with Gasteiger partial charge in [0.15, 0.2) is 0 Å². The molecule has 1 aliphatic heterocycles. The number of rotatable bonds is 2. The van der Waals surface area contributed by atoms with Crippen LogP contribution in [0.3, 0.4) is 0 Å². The smallest absolute Gasteiger partial charge is 0.416 e. The molecule has 5 nitrogen and oxygen atoms in total. The lowest BCUT2D eigenvalue weighted by atomic mass is 10.1. The van der Waals surface area contributed by atoms with Crippen LogP contribution in [0.2, 0.25) is 0 Å². The van der Waals surface area contributed by atoms with Gasteiger partial charge in [0.2, 0.25) is 18.0 Å². The van der Waals surface area contributed by atoms with Gasteiger partial charge in [-0.05, 0) is 18.2 Å². The summed E-state index contributed by atoms with van der Waals surface area (Å²) in [5.41, 5.74) is -0.581. The Morgan fingerprint density at radius 1 is 1.21 bits per heavy atom. The Bertz CT molecular complexity index is 791. The molecule has 124 valence electrons. The molecule has 8 heteroatoms. The maximum Gasteiger partial charge on any atom is 0.416 e. The fraction of sp³-hybridized carbons (Fsp3) is 0.188. The van der Waals surface area contributed by atoms with Crippen LogP contribution >= 0.6 is 0 Å². The van der Waals surface area contributed by atoms with E-state index < -0.39 is 23.9 Å². The van der Waals surface area contributed by atoms with Crippen LogP contribution in [0.4, 0.5) is 13.2 Å². The quantitative estimate of drug-likeness (QED) is 0.846. The largest absolute Gasteiger partial charge is 0.446 e. The Morgan fingerprint density at radius 3 is 2.58 bits per heavy atom. The van der Waals surface area contributed by atoms with Crippen LogP contribution < -0.4 is 0 Å². The van der Waals surface area contributed by atoms with Crippen molar-refractivity contribution in [3.8, 4) is 0 Å². The average Bonchev–Trinajstić information content (AvgIpc) is 3.00. The first-order valence-corrected chi connectivity index (χ1v) is 6.99. The highest BCUT2D eigenvalue weighted by Gasteiger charge is 2.40. The molecule has 1 amide bonds. The molecule has 0 saturated carbocycles. The van der Waals surface area contributed by atoms with Gasteiger partial charge in [0.1, 0.15) is 0 Å². The molecule has 24 heavy (non-hydrogen) atoms. The number of carbonyl (C=O) groups is 1. The van der Waals surface area contributed by atoms with E-state index in [2.05, 4.69) is 10.1 Å². The third kappa shape index (κ3) is 2.94. The molecule has 1 atom stereocenters. The van der Waals surface area contributed by atoms with Crippen molar-refractivity contribution in [1.82, 2.24) is 9.99 Å². The number of amides is 1. The van der Waals surface area contributed by atoms with Crippen molar-refractivity contribution in [2.24, 2.45) is 5.10 Å². The lowest BCUT2D eigenvalue weighted by Gasteiger charge is -2.22. The normalized spacial score (nSPS) is 17.4. The van der Waals surface area contributed by atoms with Gasteiger partial charge in [0.05, 0.1) is 11.1 Å². The molecule has 0 radical (unpaired) electrons. The van der Waals surface area contributed by atoms with E-state index >= 15 is 0 Å². The highest BCUT2D eigenvalue weighted by Crippen LogP contribution is 2.39. The van der Waals surface area contributed by atoms with Crippen LogP contribution in [0.25, 0.3) is 0 Å². The fourth-order valence-electron chi connectivity index (χ4n) is 2.35. The van der Waals surface area contributed by atoms with Gasteiger partial charge in [-0.1, -0.05) is 18.2 Å². The number of benzene rings is 1. The molecule has 0 N–H and O–H groups in total. The fourth-order valence-corrected chi connectivity index (χ4v) is 2.35. The molecular formula is C16H12F3N3O2. The molecule has 0 bridgehead atoms. The second-order valence-electron chi connectivity index (χ2n) is 5.07. The summed E-state index contributed by atoms with van der Waals surface area (Å²) in [6.07, 6.45) is -2.86. The zero-order chi connectivity index (χ0) is 17.3. The summed E-state index contributed by atoms with van der Waals surface area (Å²) >= 11 is 0. The van der Waals surface area contributed by atoms with Crippen LogP contribution in [-0.4, -0.2) is 21.8 Å². The molecule has 2 aromatic rings. The molecule has 0 fully saturated rings. The number of aromatic nitrogens is 1. The lowest BCUT2D eigenvalue weighted by Crippen LogP contribution is -2.27. The van der Waals surface area contributed by atoms with Gasteiger partial charge in [0, 0.05) is 24.9 Å². The van der Waals surface area contributed by atoms with E-state index in [-0.39, 0.29) is 11.5 Å². The van der Waals surface area contributed by atoms with Gasteiger partial charge < -0.3 is 4.74 Å². The van der Waals surface area contributed by atoms with Crippen molar-refractivity contribution < 1.29 is 22.7 Å². The molecule has 3 rings (SSSR count). The van der Waals surface area contributed by atoms with Crippen molar-refractivity contribution in [3.05, 3.63) is 65.5 Å². The van der Waals surface area contributed by atoms with Crippen LogP contribution in [0.5, 0.6) is 0 Å². The first-order valence-electron chi connectivity index (χ1n) is 6.99. The number of nitrogens with zero attached hydrogens (tertiary/aromatic N) is 3. The third-order valence-electron chi connectivity index (χ3n) is 3.41. The summed E-state index contributed by atoms with van der Waals surface area (Å²) in [5, 5.41) is 4.91. The molecule has 1 aromatic carbocycles. The standard InChI is InChI=1S/C16H12F3N3O2/c1-10(23)22-15(12-6-2-3-7-13(12)16(17,18)19)24-14(21-22)11-5-4-8-20-9-11/h2-9,15H,1H3/t15-/m0/s1. The predicted octanol–water partition coefficient (Wildman–Crippen LogP) is 3.34. The summed E-state index contributed by atoms with van der Waals surface area (Å²) in [4.78, 5) is 15.7. The number of hydrogen-bond acceptors (Lipinski definition) is 4. The van der Waals surface area contributed by atoms with E-state index in [0.29, 0.717) is 5.56 Å². The second kappa shape index (κ2) is 5.95. The molecule has 1 aromatic heterocycles. The number of pyridine rings is 1. The Morgan fingerprint density at radius 2 is 1.96 bits per heavy atom. The molecule has 0 saturated heterocycles. The van der Waals surface area contributed by atoms with E-state index in [4.69, 9.17) is 4.74 Å². The topological polar surface area (TPSA) is 54.8 Å². The van der Waals surface area contributed by atoms with Crippen molar-refractivity contribution in [3.63, 3.8) is 0 Å². The Kier molecular flexibility index (Phi) is 3.96. The number of carbonyl (C=O) groups excluding carboxylic acids is 1. The summed E-state index contributed by atoms with van der Waals surface area (Å²) in [6.45, 7) is 1.21. The van der Waals surface area contributed by atoms with Gasteiger partial charge in [-0.25, -0.2) is 0 Å². The molecule has 0 spiro atoms. The van der Waals surface area contributed by atoms with E-state index in [0.717, 1.165) is 11.1 Å². The minimum atomic E-state index is -4.57. The van der Waals surface area contributed by atoms with Crippen LogP contribution in [0, 0.1) is 0 Å². The van der Waals surface area contributed by atoms with Crippen molar-refractivity contribution in [1.29, 1.82) is 0 Å². The molecule has 2 heterocycles. The number of alkyl halides is 3. The SMILES string of the molecule is CC(=O)N1N=C(c2cccnc2)O[C@H]1c1ccccc1C(F)(F)F. The molecule has 1 aliphatic rings. The molecular weight excluding hydrogens is 323 g/mol. The summed E-state index contributed by atoms with van der Waals surface area (Å²) in [7, 11) is 0. The van der Waals surface area contributed by atoms with E-state index in [1.807, 2.05) is 0 Å². The van der Waals surface area contributed by atoms with Crippen molar-refractivity contribution in [2.75, 3.05) is 0 Å². The number of halogens is 3. The van der Waals surface area contributed by atoms with E-state index in [1.165, 1.54) is 37.5 Å². The average molecular weight is 335 g/mol. The summed E-state index contributed by atoms with van der Waals surface area (Å²) in [5.74, 6) is -0.490. The number of hydrogen-bond donors (Lipinski definition) is 0. The van der Waals surface area contributed by atoms with E-state index in [1.54, 1.807) is 12.1 Å². The van der Waals surface area contributed by atoms with Gasteiger partial charge in [-0.15, -0.1) is 5.10 Å². The van der Waals surface area contributed by atoms with Crippen molar-refractivity contribution in [2.45, 2.75) is 19.3 Å². The van der Waals surface area contributed by atoms with E-state index in [9.17, 15) is 18.0 Å². The van der Waals surface area contributed by atoms with Crippen LogP contribution in [0.15, 0.2) is 53.9 Å². The first kappa shape index (κ1) is 16.0. The highest BCUT2D eigenvalue weighted by molar-refractivity contribution is 5.96. The maximum atomic E-state index is 13.2. The number of ether oxygens (including phenoxy) is 1. The predicted molar refractivity (Wildman–Crippen MR) is 78.6 cm³/mol. The molecule has 0 aliphatic carbocycles. The zero-order valence-electron chi connectivity index (χ0n) is 12.5. The summed E-state index contributed by atoms with van der Waals surface area (Å²) < 4.78 is 45.3. The maximum absolute atomic E-state index is 13.2. The third-order valence-corrected chi connectivity index (χ3v) is 3.41. The monoisotopic (exact) mass is 335 g/mol. The minimum absolute atomic E-state index is 0.0419. The Balaban J connectivity index is 2.03. The van der Waals surface area contributed by atoms with Crippen molar-refractivity contribution >= 4 is 11.8 Å². The Hall–Kier alpha value is -2.90. The Labute approximate surface area is 135 Å². The molecule has 0 unspecified atom stereocenters. The highest BCUT2D eigenvalue weighted by atomic mass is 19.4. The van der Waals surface area contributed by atoms with Gasteiger partial charge in [0.25, 0.3) is 0 Å². The second-order valence-corrected chi connectivity index (χ2v) is 5.07. The van der Waals surface area contributed by atoms with Crippen LogP contribution in [0.1, 0.15) is 29.8 Å². The van der Waals surface area contributed by atoms with Gasteiger partial charge in [-0.2, -0.15) is 18.2 Å². The van der Waals surface area contributed by atoms with Crippen LogP contribution in [-0.2, 0) is 15.7 Å². The number of hydrazone groups is 1. The zero-order valence-corrected chi connectivity index (χ0v) is 12.5. The lowest BCUT2D eigenvalue weighted by molar-refractivity contribution is -0.143. The summed E-state index contributed by atoms with van der Waals surface area (Å²) in [6, 6.07) is 8.22. The minimum Gasteiger partial charge on any atom is -0.446 e. The van der Waals surface area contributed by atoms with Gasteiger partial charge >= 0.3 is 6.18 Å². The first-order chi connectivity index (χ1) is 11.4.